The van der Waals surface area contributed by atoms with Gasteiger partial charge in [0.25, 0.3) is 0 Å². The van der Waals surface area contributed by atoms with E-state index in [0.29, 0.717) is 6.17 Å². The minimum Gasteiger partial charge on any atom is -0.282 e. The van der Waals surface area contributed by atoms with Crippen molar-refractivity contribution < 1.29 is 0 Å². The molecular formula is C8H12N5. The zero-order valence-corrected chi connectivity index (χ0v) is 7.43. The molecule has 4 heterocycles. The summed E-state index contributed by atoms with van der Waals surface area (Å²) < 4.78 is 1.77. The molecule has 5 nitrogen and oxygen atoms in total. The normalized spacial score (nSPS) is 38.0. The lowest BCUT2D eigenvalue weighted by Gasteiger charge is -2.44. The van der Waals surface area contributed by atoms with Gasteiger partial charge >= 0.3 is 0 Å². The van der Waals surface area contributed by atoms with Crippen LogP contribution in [0.5, 0.6) is 0 Å². The second kappa shape index (κ2) is 2.77. The predicted octanol–water partition coefficient (Wildman–Crippen LogP) is 0.0876. The maximum atomic E-state index is 3.92. The number of rotatable bonds is 1. The standard InChI is InChI=1S/C8H12N5/c1-3-12-4-2-7(1)5-8(12)13-6-9-10-11-13/h7-8H,1-5H2. The first-order chi connectivity index (χ1) is 6.43. The molecule has 1 aromatic rings. The van der Waals surface area contributed by atoms with Crippen LogP contribution in [-0.4, -0.2) is 38.2 Å². The Kier molecular flexibility index (Phi) is 1.58. The van der Waals surface area contributed by atoms with E-state index in [4.69, 9.17) is 0 Å². The van der Waals surface area contributed by atoms with E-state index in [1.807, 2.05) is 0 Å². The van der Waals surface area contributed by atoms with Crippen LogP contribution in [0.15, 0.2) is 0 Å². The highest BCUT2D eigenvalue weighted by molar-refractivity contribution is 4.84. The van der Waals surface area contributed by atoms with Crippen molar-refractivity contribution in [3.8, 4) is 0 Å². The minimum absolute atomic E-state index is 0.377. The van der Waals surface area contributed by atoms with Gasteiger partial charge in [-0.05, 0) is 35.6 Å². The molecule has 2 bridgehead atoms. The van der Waals surface area contributed by atoms with Crippen molar-refractivity contribution in [1.29, 1.82) is 0 Å². The first-order valence-corrected chi connectivity index (χ1v) is 4.83. The summed E-state index contributed by atoms with van der Waals surface area (Å²) >= 11 is 0. The van der Waals surface area contributed by atoms with Crippen LogP contribution in [0.1, 0.15) is 25.4 Å². The maximum Gasteiger partial charge on any atom is 0.223 e. The molecule has 0 amide bonds. The highest BCUT2D eigenvalue weighted by Crippen LogP contribution is 2.36. The topological polar surface area (TPSA) is 46.8 Å². The Hall–Kier alpha value is -0.970. The molecule has 0 N–H and O–H groups in total. The number of hydrogen-bond acceptors (Lipinski definition) is 4. The fourth-order valence-electron chi connectivity index (χ4n) is 2.46. The Morgan fingerprint density at radius 1 is 1.23 bits per heavy atom. The lowest BCUT2D eigenvalue weighted by atomic mass is 9.86. The van der Waals surface area contributed by atoms with Crippen molar-refractivity contribution in [3.63, 3.8) is 0 Å². The van der Waals surface area contributed by atoms with Crippen LogP contribution in [0.3, 0.4) is 0 Å². The van der Waals surface area contributed by atoms with Crippen LogP contribution in [-0.2, 0) is 0 Å². The van der Waals surface area contributed by atoms with Gasteiger partial charge in [-0.2, -0.15) is 0 Å². The van der Waals surface area contributed by atoms with Gasteiger partial charge in [0.05, 0.1) is 0 Å². The number of piperidine rings is 3. The number of nitrogens with zero attached hydrogens (tertiary/aromatic N) is 5. The molecule has 0 aliphatic carbocycles. The van der Waals surface area contributed by atoms with Gasteiger partial charge in [-0.1, -0.05) is 0 Å². The Morgan fingerprint density at radius 2 is 2.08 bits per heavy atom. The summed E-state index contributed by atoms with van der Waals surface area (Å²) in [6.07, 6.45) is 7.06. The van der Waals surface area contributed by atoms with Gasteiger partial charge in [-0.3, -0.25) is 4.90 Å². The average Bonchev–Trinajstić information content (AvgIpc) is 2.72. The Morgan fingerprint density at radius 3 is 2.62 bits per heavy atom. The zero-order valence-electron chi connectivity index (χ0n) is 7.43. The van der Waals surface area contributed by atoms with Crippen LogP contribution in [0.4, 0.5) is 0 Å². The van der Waals surface area contributed by atoms with Crippen molar-refractivity contribution in [2.45, 2.75) is 25.4 Å². The maximum absolute atomic E-state index is 3.92. The molecule has 3 saturated heterocycles. The van der Waals surface area contributed by atoms with Crippen LogP contribution in [0.2, 0.25) is 0 Å². The SMILES string of the molecule is [c]1nnnn1C1CC2CCN1CC2. The van der Waals surface area contributed by atoms with Crippen LogP contribution >= 0.6 is 0 Å². The Labute approximate surface area is 76.7 Å². The molecule has 0 saturated carbocycles. The van der Waals surface area contributed by atoms with Gasteiger partial charge in [0.1, 0.15) is 6.17 Å². The van der Waals surface area contributed by atoms with Crippen molar-refractivity contribution in [2.24, 2.45) is 5.92 Å². The van der Waals surface area contributed by atoms with Crippen LogP contribution < -0.4 is 0 Å². The van der Waals surface area contributed by atoms with Gasteiger partial charge < -0.3 is 0 Å². The second-order valence-corrected chi connectivity index (χ2v) is 3.92. The summed E-state index contributed by atoms with van der Waals surface area (Å²) in [5.41, 5.74) is 0. The third kappa shape index (κ3) is 1.14. The molecule has 4 rings (SSSR count). The minimum atomic E-state index is 0.377. The van der Waals surface area contributed by atoms with E-state index in [9.17, 15) is 0 Å². The fraction of sp³-hybridized carbons (Fsp3) is 0.875. The molecular weight excluding hydrogens is 166 g/mol. The monoisotopic (exact) mass is 178 g/mol. The number of hydrogen-bond donors (Lipinski definition) is 0. The second-order valence-electron chi connectivity index (χ2n) is 3.92. The zero-order chi connectivity index (χ0) is 8.67. The molecule has 69 valence electrons. The number of fused-ring (bicyclic) bond motifs is 3. The Balaban J connectivity index is 1.85. The van der Waals surface area contributed by atoms with Gasteiger partial charge in [-0.15, -0.1) is 5.10 Å². The molecule has 1 unspecified atom stereocenters. The largest absolute Gasteiger partial charge is 0.282 e. The first-order valence-electron chi connectivity index (χ1n) is 4.83. The number of tetrazole rings is 1. The molecule has 5 heteroatoms. The molecule has 1 radical (unpaired) electrons. The molecule has 3 aliphatic rings. The molecule has 3 fully saturated rings. The van der Waals surface area contributed by atoms with E-state index < -0.39 is 0 Å². The third-order valence-electron chi connectivity index (χ3n) is 3.23. The Bertz CT molecular complexity index is 275. The fourth-order valence-corrected chi connectivity index (χ4v) is 2.46. The van der Waals surface area contributed by atoms with Gasteiger partial charge in [0.15, 0.2) is 0 Å². The van der Waals surface area contributed by atoms with Crippen LogP contribution in [0.25, 0.3) is 0 Å². The van der Waals surface area contributed by atoms with Gasteiger partial charge in [0, 0.05) is 13.1 Å². The summed E-state index contributed by atoms with van der Waals surface area (Å²) in [5.74, 6) is 0.882. The smallest absolute Gasteiger partial charge is 0.223 e. The van der Waals surface area contributed by atoms with E-state index >= 15 is 0 Å². The predicted molar refractivity (Wildman–Crippen MR) is 44.6 cm³/mol. The molecule has 1 atom stereocenters. The van der Waals surface area contributed by atoms with E-state index in [-0.39, 0.29) is 0 Å². The molecule has 3 aliphatic heterocycles. The van der Waals surface area contributed by atoms with Crippen molar-refractivity contribution in [1.82, 2.24) is 25.1 Å². The highest BCUT2D eigenvalue weighted by Gasteiger charge is 2.35. The quantitative estimate of drug-likeness (QED) is 0.611. The van der Waals surface area contributed by atoms with E-state index in [2.05, 4.69) is 26.8 Å². The molecule has 1 aromatic heterocycles. The summed E-state index contributed by atoms with van der Waals surface area (Å²) in [5, 5.41) is 11.1. The highest BCUT2D eigenvalue weighted by atomic mass is 15.6. The van der Waals surface area contributed by atoms with E-state index in [1.165, 1.54) is 32.4 Å². The van der Waals surface area contributed by atoms with Crippen molar-refractivity contribution >= 4 is 0 Å². The van der Waals surface area contributed by atoms with E-state index in [0.717, 1.165) is 5.92 Å². The summed E-state index contributed by atoms with van der Waals surface area (Å²) in [7, 11) is 0. The lowest BCUT2D eigenvalue weighted by Crippen LogP contribution is -2.46. The van der Waals surface area contributed by atoms with E-state index in [1.54, 1.807) is 4.68 Å². The molecule has 13 heavy (non-hydrogen) atoms. The molecule has 0 spiro atoms. The first kappa shape index (κ1) is 7.44. The van der Waals surface area contributed by atoms with Crippen LogP contribution in [0, 0.1) is 12.2 Å². The average molecular weight is 178 g/mol. The summed E-state index contributed by atoms with van der Waals surface area (Å²) in [4.78, 5) is 2.45. The summed E-state index contributed by atoms with van der Waals surface area (Å²) in [6, 6.07) is 0. The van der Waals surface area contributed by atoms with Gasteiger partial charge in [-0.25, -0.2) is 4.68 Å². The molecule has 0 aromatic carbocycles. The van der Waals surface area contributed by atoms with Crippen molar-refractivity contribution in [3.05, 3.63) is 6.33 Å². The third-order valence-corrected chi connectivity index (χ3v) is 3.23. The summed E-state index contributed by atoms with van der Waals surface area (Å²) in [6.45, 7) is 2.39. The number of aromatic nitrogens is 4. The lowest BCUT2D eigenvalue weighted by molar-refractivity contribution is 0.00153. The van der Waals surface area contributed by atoms with Gasteiger partial charge in [0.2, 0.25) is 6.33 Å². The van der Waals surface area contributed by atoms with Crippen molar-refractivity contribution in [2.75, 3.05) is 13.1 Å².